The second-order valence-corrected chi connectivity index (χ2v) is 12.0. The molecule has 0 aliphatic carbocycles. The van der Waals surface area contributed by atoms with Gasteiger partial charge in [-0.1, -0.05) is 0 Å². The first-order valence-electron chi connectivity index (χ1n) is 11.8. The highest BCUT2D eigenvalue weighted by molar-refractivity contribution is 7.86. The van der Waals surface area contributed by atoms with Crippen molar-refractivity contribution in [3.05, 3.63) is 37.9 Å². The molecule has 0 heterocycles. The number of hydrogen-bond donors (Lipinski definition) is 2. The van der Waals surface area contributed by atoms with Gasteiger partial charge < -0.3 is 15.3 Å². The van der Waals surface area contributed by atoms with Crippen LogP contribution in [0.2, 0.25) is 0 Å². The third kappa shape index (κ3) is 12.2. The second kappa shape index (κ2) is 15.0. The number of anilines is 1. The maximum Gasteiger partial charge on any atom is 0.312 e. The van der Waals surface area contributed by atoms with Crippen LogP contribution in [-0.2, 0) is 28.6 Å². The average Bonchev–Trinajstić information content (AvgIpc) is 2.78. The SMILES string of the molecule is CC(CCN(CCC(C)OS(C)(=O)=O)c1ccc([N+](=O)[O-])c(C(=O)NCCCCO)c1[N+](=O)[O-])OS(C)(=O)=O. The van der Waals surface area contributed by atoms with E-state index in [1.807, 2.05) is 0 Å². The van der Waals surface area contributed by atoms with Gasteiger partial charge in [-0.15, -0.1) is 0 Å². The predicted molar refractivity (Wildman–Crippen MR) is 141 cm³/mol. The van der Waals surface area contributed by atoms with Gasteiger partial charge >= 0.3 is 5.69 Å². The Morgan fingerprint density at radius 1 is 0.974 bits per heavy atom. The minimum absolute atomic E-state index is 0.00232. The first kappa shape index (κ1) is 34.1. The van der Waals surface area contributed by atoms with Crippen LogP contribution < -0.4 is 10.2 Å². The number of carbonyl (C=O) groups excluding carboxylic acids is 1. The van der Waals surface area contributed by atoms with Gasteiger partial charge in [-0.2, -0.15) is 16.8 Å². The summed E-state index contributed by atoms with van der Waals surface area (Å²) in [6, 6.07) is 2.05. The number of unbranched alkanes of at least 4 members (excludes halogenated alkanes) is 1. The monoisotopic (exact) mass is 598 g/mol. The number of amides is 1. The fourth-order valence-electron chi connectivity index (χ4n) is 3.63. The van der Waals surface area contributed by atoms with E-state index >= 15 is 0 Å². The number of nitrogens with one attached hydrogen (secondary N) is 1. The van der Waals surface area contributed by atoms with Crippen LogP contribution in [0.5, 0.6) is 0 Å². The number of nitrogens with zero attached hydrogens (tertiary/aromatic N) is 3. The van der Waals surface area contributed by atoms with Crippen LogP contribution in [0.25, 0.3) is 0 Å². The molecule has 1 aromatic rings. The molecule has 0 saturated carbocycles. The van der Waals surface area contributed by atoms with Crippen LogP contribution in [0.3, 0.4) is 0 Å². The van der Waals surface area contributed by atoms with E-state index in [1.54, 1.807) is 0 Å². The predicted octanol–water partition coefficient (Wildman–Crippen LogP) is 1.32. The molecular formula is C21H34N4O12S2. The summed E-state index contributed by atoms with van der Waals surface area (Å²) in [5.74, 6) is -1.06. The van der Waals surface area contributed by atoms with E-state index < -0.39 is 65.1 Å². The Labute approximate surface area is 226 Å². The minimum Gasteiger partial charge on any atom is -0.396 e. The largest absolute Gasteiger partial charge is 0.396 e. The van der Waals surface area contributed by atoms with Crippen molar-refractivity contribution in [2.75, 3.05) is 43.7 Å². The molecule has 0 radical (unpaired) electrons. The zero-order valence-corrected chi connectivity index (χ0v) is 23.7. The van der Waals surface area contributed by atoms with E-state index in [1.165, 1.54) is 18.7 Å². The molecule has 0 spiro atoms. The van der Waals surface area contributed by atoms with Crippen LogP contribution in [0.15, 0.2) is 12.1 Å². The fraction of sp³-hybridized carbons (Fsp3) is 0.667. The lowest BCUT2D eigenvalue weighted by Crippen LogP contribution is -2.33. The molecule has 2 N–H and O–H groups in total. The van der Waals surface area contributed by atoms with Crippen molar-refractivity contribution in [1.82, 2.24) is 5.32 Å². The molecule has 1 rings (SSSR count). The molecule has 2 atom stereocenters. The summed E-state index contributed by atoms with van der Waals surface area (Å²) in [6.45, 7) is 2.66. The lowest BCUT2D eigenvalue weighted by molar-refractivity contribution is -0.394. The van der Waals surface area contributed by atoms with Gasteiger partial charge in [0.05, 0.1) is 34.6 Å². The van der Waals surface area contributed by atoms with Gasteiger partial charge in [0.2, 0.25) is 0 Å². The van der Waals surface area contributed by atoms with Gasteiger partial charge in [-0.05, 0) is 45.6 Å². The number of carbonyl (C=O) groups is 1. The van der Waals surface area contributed by atoms with Gasteiger partial charge in [-0.3, -0.25) is 33.4 Å². The third-order valence-electron chi connectivity index (χ3n) is 5.24. The first-order chi connectivity index (χ1) is 18.0. The van der Waals surface area contributed by atoms with Crippen molar-refractivity contribution in [3.63, 3.8) is 0 Å². The standard InChI is InChI=1S/C21H34N4O12S2/c1-15(36-38(3,32)33)9-12-23(13-10-16(2)37-39(4,34)35)18-8-7-17(24(28)29)19(20(18)25(30)31)21(27)22-11-5-6-14-26/h7-8,15-16,26H,5-6,9-14H2,1-4H3,(H,22,27). The molecule has 39 heavy (non-hydrogen) atoms. The number of nitro benzene ring substituents is 2. The molecule has 0 saturated heterocycles. The zero-order chi connectivity index (χ0) is 30.0. The topological polar surface area (TPSA) is 226 Å². The number of benzene rings is 1. The summed E-state index contributed by atoms with van der Waals surface area (Å²) >= 11 is 0. The Hall–Kier alpha value is -2.93. The highest BCUT2D eigenvalue weighted by atomic mass is 32.2. The van der Waals surface area contributed by atoms with Crippen LogP contribution in [0.1, 0.15) is 49.9 Å². The molecule has 0 fully saturated rings. The summed E-state index contributed by atoms with van der Waals surface area (Å²) < 4.78 is 55.7. The molecule has 18 heteroatoms. The molecule has 0 aromatic heterocycles. The number of aliphatic hydroxyl groups is 1. The van der Waals surface area contributed by atoms with Crippen molar-refractivity contribution in [2.45, 2.75) is 51.7 Å². The van der Waals surface area contributed by atoms with Crippen LogP contribution in [0, 0.1) is 20.2 Å². The quantitative estimate of drug-likeness (QED) is 0.105. The highest BCUT2D eigenvalue weighted by Gasteiger charge is 2.36. The first-order valence-corrected chi connectivity index (χ1v) is 15.5. The van der Waals surface area contributed by atoms with E-state index in [9.17, 15) is 41.9 Å². The van der Waals surface area contributed by atoms with Crippen molar-refractivity contribution < 1.29 is 44.9 Å². The number of nitro groups is 2. The number of aliphatic hydroxyl groups excluding tert-OH is 1. The lowest BCUT2D eigenvalue weighted by atomic mass is 10.1. The summed E-state index contributed by atoms with van der Waals surface area (Å²) in [6.07, 6.45) is 0.746. The second-order valence-electron chi connectivity index (χ2n) is 8.81. The molecule has 0 bridgehead atoms. The normalized spacial score (nSPS) is 13.5. The Morgan fingerprint density at radius 3 is 1.90 bits per heavy atom. The Morgan fingerprint density at radius 2 is 1.49 bits per heavy atom. The molecule has 222 valence electrons. The van der Waals surface area contributed by atoms with Gasteiger partial charge in [-0.25, -0.2) is 0 Å². The molecular weight excluding hydrogens is 564 g/mol. The van der Waals surface area contributed by atoms with Gasteiger partial charge in [0.1, 0.15) is 5.69 Å². The molecule has 0 aliphatic heterocycles. The van der Waals surface area contributed by atoms with Crippen molar-refractivity contribution >= 4 is 43.2 Å². The fourth-order valence-corrected chi connectivity index (χ4v) is 5.02. The van der Waals surface area contributed by atoms with Crippen LogP contribution >= 0.6 is 0 Å². The third-order valence-corrected chi connectivity index (χ3v) is 6.60. The molecule has 16 nitrogen and oxygen atoms in total. The van der Waals surface area contributed by atoms with E-state index in [0.29, 0.717) is 12.8 Å². The smallest absolute Gasteiger partial charge is 0.312 e. The molecule has 0 aliphatic rings. The molecule has 1 aromatic carbocycles. The van der Waals surface area contributed by atoms with Crippen LogP contribution in [0.4, 0.5) is 17.1 Å². The Bertz CT molecular complexity index is 1190. The van der Waals surface area contributed by atoms with Crippen molar-refractivity contribution in [3.8, 4) is 0 Å². The average molecular weight is 599 g/mol. The highest BCUT2D eigenvalue weighted by Crippen LogP contribution is 2.38. The molecule has 1 amide bonds. The van der Waals surface area contributed by atoms with E-state index in [0.717, 1.165) is 24.6 Å². The van der Waals surface area contributed by atoms with E-state index in [2.05, 4.69) is 5.32 Å². The summed E-state index contributed by atoms with van der Waals surface area (Å²) in [4.78, 5) is 36.3. The van der Waals surface area contributed by atoms with Gasteiger partial charge in [0.15, 0.2) is 5.56 Å². The summed E-state index contributed by atoms with van der Waals surface area (Å²) in [5.41, 5.74) is -2.61. The number of hydrogen-bond acceptors (Lipinski definition) is 13. The van der Waals surface area contributed by atoms with E-state index in [4.69, 9.17) is 13.5 Å². The van der Waals surface area contributed by atoms with Crippen LogP contribution in [-0.4, -0.2) is 88.7 Å². The van der Waals surface area contributed by atoms with Gasteiger partial charge in [0, 0.05) is 32.3 Å². The molecule has 2 unspecified atom stereocenters. The zero-order valence-electron chi connectivity index (χ0n) is 22.1. The lowest BCUT2D eigenvalue weighted by Gasteiger charge is -2.27. The Kier molecular flexibility index (Phi) is 13.1. The minimum atomic E-state index is -3.81. The Balaban J connectivity index is 3.54. The van der Waals surface area contributed by atoms with Crippen molar-refractivity contribution in [2.24, 2.45) is 0 Å². The maximum atomic E-state index is 12.9. The van der Waals surface area contributed by atoms with Gasteiger partial charge in [0.25, 0.3) is 31.8 Å². The summed E-state index contributed by atoms with van der Waals surface area (Å²) in [5, 5.41) is 35.1. The number of rotatable bonds is 18. The maximum absolute atomic E-state index is 12.9. The summed E-state index contributed by atoms with van der Waals surface area (Å²) in [7, 11) is -7.61. The van der Waals surface area contributed by atoms with E-state index in [-0.39, 0.29) is 44.8 Å². The van der Waals surface area contributed by atoms with Crippen molar-refractivity contribution in [1.29, 1.82) is 0 Å².